The number of rotatable bonds is 6. The summed E-state index contributed by atoms with van der Waals surface area (Å²) in [6.45, 7) is 0.598. The SMILES string of the molecule is COCC(=O)Nc1cccc(C(=O)N2CCCC2c2ccc(C(N)=O)s2)c1. The summed E-state index contributed by atoms with van der Waals surface area (Å²) in [4.78, 5) is 39.3. The summed E-state index contributed by atoms with van der Waals surface area (Å²) >= 11 is 1.33. The highest BCUT2D eigenvalue weighted by Gasteiger charge is 2.32. The van der Waals surface area contributed by atoms with Crippen LogP contribution in [0.1, 0.15) is 43.8 Å². The van der Waals surface area contributed by atoms with Gasteiger partial charge in [-0.2, -0.15) is 0 Å². The first kappa shape index (κ1) is 19.1. The molecule has 1 fully saturated rings. The number of amides is 3. The van der Waals surface area contributed by atoms with Crippen molar-refractivity contribution in [2.75, 3.05) is 25.6 Å². The van der Waals surface area contributed by atoms with Gasteiger partial charge in [-0.3, -0.25) is 14.4 Å². The van der Waals surface area contributed by atoms with E-state index in [1.807, 2.05) is 11.0 Å². The molecule has 0 aliphatic carbocycles. The van der Waals surface area contributed by atoms with Crippen molar-refractivity contribution in [1.29, 1.82) is 0 Å². The zero-order valence-corrected chi connectivity index (χ0v) is 15.8. The van der Waals surface area contributed by atoms with Crippen molar-refractivity contribution in [2.24, 2.45) is 5.73 Å². The Morgan fingerprint density at radius 1 is 1.30 bits per heavy atom. The molecule has 27 heavy (non-hydrogen) atoms. The zero-order chi connectivity index (χ0) is 19.4. The number of primary amides is 1. The van der Waals surface area contributed by atoms with Crippen LogP contribution in [0.15, 0.2) is 36.4 Å². The number of nitrogens with one attached hydrogen (secondary N) is 1. The minimum absolute atomic E-state index is 0.0487. The molecule has 1 aromatic heterocycles. The van der Waals surface area contributed by atoms with E-state index in [1.54, 1.807) is 30.3 Å². The Labute approximate surface area is 161 Å². The second kappa shape index (κ2) is 8.32. The van der Waals surface area contributed by atoms with Crippen molar-refractivity contribution >= 4 is 34.7 Å². The first-order valence-electron chi connectivity index (χ1n) is 8.59. The average molecular weight is 387 g/mol. The zero-order valence-electron chi connectivity index (χ0n) is 14.9. The molecule has 3 N–H and O–H groups in total. The summed E-state index contributed by atoms with van der Waals surface area (Å²) in [6, 6.07) is 10.3. The van der Waals surface area contributed by atoms with E-state index in [0.29, 0.717) is 22.7 Å². The van der Waals surface area contributed by atoms with Gasteiger partial charge in [-0.25, -0.2) is 0 Å². The van der Waals surface area contributed by atoms with Gasteiger partial charge in [0.1, 0.15) is 6.61 Å². The van der Waals surface area contributed by atoms with Crippen LogP contribution in [0.25, 0.3) is 0 Å². The van der Waals surface area contributed by atoms with Crippen LogP contribution in [0.3, 0.4) is 0 Å². The lowest BCUT2D eigenvalue weighted by atomic mass is 10.1. The van der Waals surface area contributed by atoms with Crippen molar-refractivity contribution in [3.63, 3.8) is 0 Å². The van der Waals surface area contributed by atoms with E-state index in [4.69, 9.17) is 10.5 Å². The predicted molar refractivity (Wildman–Crippen MR) is 103 cm³/mol. The first-order chi connectivity index (χ1) is 13.0. The standard InChI is InChI=1S/C19H21N3O4S/c1-26-11-17(23)21-13-5-2-4-12(10-13)19(25)22-9-3-6-14(22)15-7-8-16(27-15)18(20)24/h2,4-5,7-8,10,14H,3,6,9,11H2,1H3,(H2,20,24)(H,21,23). The second-order valence-corrected chi connectivity index (χ2v) is 7.40. The number of anilines is 1. The Hall–Kier alpha value is -2.71. The van der Waals surface area contributed by atoms with Crippen molar-refractivity contribution in [3.8, 4) is 0 Å². The quantitative estimate of drug-likeness (QED) is 0.795. The highest BCUT2D eigenvalue weighted by atomic mass is 32.1. The Morgan fingerprint density at radius 2 is 2.11 bits per heavy atom. The van der Waals surface area contributed by atoms with Gasteiger partial charge in [0, 0.05) is 29.8 Å². The van der Waals surface area contributed by atoms with Gasteiger partial charge in [0.2, 0.25) is 5.91 Å². The normalized spacial score (nSPS) is 16.3. The lowest BCUT2D eigenvalue weighted by molar-refractivity contribution is -0.119. The molecule has 3 amide bonds. The van der Waals surface area contributed by atoms with Crippen LogP contribution in [0, 0.1) is 0 Å². The Kier molecular flexibility index (Phi) is 5.88. The molecular formula is C19H21N3O4S. The number of likely N-dealkylation sites (tertiary alicyclic amines) is 1. The molecule has 142 valence electrons. The maximum absolute atomic E-state index is 13.0. The second-order valence-electron chi connectivity index (χ2n) is 6.28. The maximum atomic E-state index is 13.0. The van der Waals surface area contributed by atoms with Crippen LogP contribution >= 0.6 is 11.3 Å². The third-order valence-electron chi connectivity index (χ3n) is 4.38. The van der Waals surface area contributed by atoms with Crippen molar-refractivity contribution in [3.05, 3.63) is 51.7 Å². The molecule has 2 aromatic rings. The molecule has 8 heteroatoms. The first-order valence-corrected chi connectivity index (χ1v) is 9.40. The molecule has 1 aliphatic rings. The number of hydrogen-bond acceptors (Lipinski definition) is 5. The number of carbonyl (C=O) groups is 3. The van der Waals surface area contributed by atoms with Gasteiger partial charge in [-0.1, -0.05) is 6.07 Å². The van der Waals surface area contributed by atoms with Gasteiger partial charge < -0.3 is 20.7 Å². The summed E-state index contributed by atoms with van der Waals surface area (Å²) in [5.74, 6) is -0.838. The molecule has 1 saturated heterocycles. The minimum atomic E-state index is -0.457. The number of nitrogens with two attached hydrogens (primary N) is 1. The minimum Gasteiger partial charge on any atom is -0.375 e. The van der Waals surface area contributed by atoms with Gasteiger partial charge >= 0.3 is 0 Å². The van der Waals surface area contributed by atoms with Crippen LogP contribution in [-0.2, 0) is 9.53 Å². The van der Waals surface area contributed by atoms with Crippen LogP contribution in [0.2, 0.25) is 0 Å². The molecule has 0 spiro atoms. The smallest absolute Gasteiger partial charge is 0.258 e. The van der Waals surface area contributed by atoms with E-state index in [-0.39, 0.29) is 24.5 Å². The molecule has 2 heterocycles. The molecular weight excluding hydrogens is 366 g/mol. The monoisotopic (exact) mass is 387 g/mol. The number of benzene rings is 1. The molecule has 1 unspecified atom stereocenters. The van der Waals surface area contributed by atoms with E-state index < -0.39 is 5.91 Å². The molecule has 0 saturated carbocycles. The maximum Gasteiger partial charge on any atom is 0.258 e. The number of methoxy groups -OCH3 is 1. The summed E-state index contributed by atoms with van der Waals surface area (Å²) < 4.78 is 4.80. The lowest BCUT2D eigenvalue weighted by Gasteiger charge is -2.24. The number of hydrogen-bond donors (Lipinski definition) is 2. The number of ether oxygens (including phenoxy) is 1. The molecule has 0 bridgehead atoms. The number of carbonyl (C=O) groups excluding carboxylic acids is 3. The van der Waals surface area contributed by atoms with Crippen molar-refractivity contribution < 1.29 is 19.1 Å². The molecule has 1 aliphatic heterocycles. The number of nitrogens with zero attached hydrogens (tertiary/aromatic N) is 1. The molecule has 1 atom stereocenters. The Bertz CT molecular complexity index is 864. The topological polar surface area (TPSA) is 102 Å². The Balaban J connectivity index is 1.77. The van der Waals surface area contributed by atoms with Gasteiger partial charge in [-0.15, -0.1) is 11.3 Å². The molecule has 0 radical (unpaired) electrons. The van der Waals surface area contributed by atoms with Gasteiger partial charge in [0.05, 0.1) is 10.9 Å². The summed E-state index contributed by atoms with van der Waals surface area (Å²) in [7, 11) is 1.45. The fraction of sp³-hybridized carbons (Fsp3) is 0.316. The van der Waals surface area contributed by atoms with Crippen molar-refractivity contribution in [2.45, 2.75) is 18.9 Å². The van der Waals surface area contributed by atoms with E-state index >= 15 is 0 Å². The fourth-order valence-electron chi connectivity index (χ4n) is 3.19. The number of thiophene rings is 1. The Morgan fingerprint density at radius 3 is 2.81 bits per heavy atom. The van der Waals surface area contributed by atoms with Crippen LogP contribution in [0.5, 0.6) is 0 Å². The fourth-order valence-corrected chi connectivity index (χ4v) is 4.20. The highest BCUT2D eigenvalue weighted by Crippen LogP contribution is 2.36. The van der Waals surface area contributed by atoms with Gasteiger partial charge in [0.25, 0.3) is 11.8 Å². The largest absolute Gasteiger partial charge is 0.375 e. The third kappa shape index (κ3) is 4.35. The van der Waals surface area contributed by atoms with E-state index in [1.165, 1.54) is 18.4 Å². The van der Waals surface area contributed by atoms with Crippen molar-refractivity contribution in [1.82, 2.24) is 4.90 Å². The van der Waals surface area contributed by atoms with Crippen LogP contribution in [-0.4, -0.2) is 42.9 Å². The van der Waals surface area contributed by atoms with E-state index in [2.05, 4.69) is 5.32 Å². The van der Waals surface area contributed by atoms with E-state index in [9.17, 15) is 14.4 Å². The van der Waals surface area contributed by atoms with Crippen LogP contribution in [0.4, 0.5) is 5.69 Å². The lowest BCUT2D eigenvalue weighted by Crippen LogP contribution is -2.30. The molecule has 3 rings (SSSR count). The van der Waals surface area contributed by atoms with Gasteiger partial charge in [-0.05, 0) is 43.2 Å². The molecule has 1 aromatic carbocycles. The highest BCUT2D eigenvalue weighted by molar-refractivity contribution is 7.14. The predicted octanol–water partition coefficient (Wildman–Crippen LogP) is 2.41. The van der Waals surface area contributed by atoms with Crippen LogP contribution < -0.4 is 11.1 Å². The summed E-state index contributed by atoms with van der Waals surface area (Å²) in [5.41, 5.74) is 6.39. The summed E-state index contributed by atoms with van der Waals surface area (Å²) in [5, 5.41) is 2.70. The third-order valence-corrected chi connectivity index (χ3v) is 5.58. The van der Waals surface area contributed by atoms with E-state index in [0.717, 1.165) is 17.7 Å². The van der Waals surface area contributed by atoms with Gasteiger partial charge in [0.15, 0.2) is 0 Å². The average Bonchev–Trinajstić information content (AvgIpc) is 3.30. The molecule has 7 nitrogen and oxygen atoms in total. The summed E-state index contributed by atoms with van der Waals surface area (Å²) in [6.07, 6.45) is 1.74.